The molecule has 5 rings (SSSR count). The minimum absolute atomic E-state index is 0.135. The second-order valence-electron chi connectivity index (χ2n) is 8.12. The highest BCUT2D eigenvalue weighted by molar-refractivity contribution is 9.10. The number of carbonyl (C=O) groups is 1. The predicted molar refractivity (Wildman–Crippen MR) is 150 cm³/mol. The summed E-state index contributed by atoms with van der Waals surface area (Å²) in [6.07, 6.45) is 2.59. The van der Waals surface area contributed by atoms with Gasteiger partial charge in [0.1, 0.15) is 0 Å². The van der Waals surface area contributed by atoms with Crippen LogP contribution in [0.25, 0.3) is 17.1 Å². The fourth-order valence-corrected chi connectivity index (χ4v) is 5.55. The van der Waals surface area contributed by atoms with Gasteiger partial charge < -0.3 is 5.32 Å². The number of amides is 1. The summed E-state index contributed by atoms with van der Waals surface area (Å²) in [5.41, 5.74) is 4.25. The highest BCUT2D eigenvalue weighted by Crippen LogP contribution is 2.29. The Labute approximate surface area is 226 Å². The predicted octanol–water partition coefficient (Wildman–Crippen LogP) is 6.78. The second-order valence-corrected chi connectivity index (χ2v) is 11.1. The first-order chi connectivity index (χ1) is 17.5. The number of aryl methyl sites for hydroxylation is 1. The number of rotatable bonds is 8. The Kier molecular flexibility index (Phi) is 7.60. The summed E-state index contributed by atoms with van der Waals surface area (Å²) in [4.78, 5) is 18.2. The van der Waals surface area contributed by atoms with Crippen LogP contribution in [0.3, 0.4) is 0 Å². The van der Waals surface area contributed by atoms with Crippen LogP contribution in [-0.2, 0) is 11.2 Å². The molecule has 2 aromatic heterocycles. The first-order valence-corrected chi connectivity index (χ1v) is 13.8. The summed E-state index contributed by atoms with van der Waals surface area (Å²) in [6.45, 7) is 2.05. The third-order valence-electron chi connectivity index (χ3n) is 5.35. The molecule has 2 heterocycles. The molecule has 0 aliphatic heterocycles. The number of nitrogens with one attached hydrogen (secondary N) is 1. The average Bonchev–Trinajstić information content (AvgIpc) is 3.51. The Morgan fingerprint density at radius 3 is 2.61 bits per heavy atom. The quantitative estimate of drug-likeness (QED) is 0.206. The van der Waals surface area contributed by atoms with Crippen molar-refractivity contribution in [2.24, 2.45) is 0 Å². The number of halogens is 1. The highest BCUT2D eigenvalue weighted by atomic mass is 79.9. The minimum Gasteiger partial charge on any atom is -0.301 e. The third kappa shape index (κ3) is 5.92. The van der Waals surface area contributed by atoms with E-state index in [4.69, 9.17) is 0 Å². The average molecular weight is 577 g/mol. The molecule has 36 heavy (non-hydrogen) atoms. The van der Waals surface area contributed by atoms with Gasteiger partial charge in [-0.1, -0.05) is 82.3 Å². The summed E-state index contributed by atoms with van der Waals surface area (Å²) >= 11 is 6.30. The van der Waals surface area contributed by atoms with E-state index >= 15 is 0 Å². The van der Waals surface area contributed by atoms with Gasteiger partial charge in [0.05, 0.1) is 5.75 Å². The van der Waals surface area contributed by atoms with Gasteiger partial charge in [0.25, 0.3) is 0 Å². The van der Waals surface area contributed by atoms with Crippen LogP contribution in [0, 0.1) is 6.92 Å². The lowest BCUT2D eigenvalue weighted by molar-refractivity contribution is -0.113. The van der Waals surface area contributed by atoms with Crippen LogP contribution < -0.4 is 5.32 Å². The van der Waals surface area contributed by atoms with Crippen LogP contribution in [0.15, 0.2) is 94.7 Å². The van der Waals surface area contributed by atoms with Gasteiger partial charge in [-0.3, -0.25) is 9.36 Å². The van der Waals surface area contributed by atoms with Crippen molar-refractivity contribution < 1.29 is 4.79 Å². The van der Waals surface area contributed by atoms with Crippen molar-refractivity contribution in [3.8, 4) is 17.1 Å². The van der Waals surface area contributed by atoms with Crippen molar-refractivity contribution in [2.75, 3.05) is 11.1 Å². The molecule has 1 amide bonds. The number of carbonyl (C=O) groups excluding carboxylic acids is 1. The Bertz CT molecular complexity index is 1480. The molecule has 0 spiro atoms. The van der Waals surface area contributed by atoms with Gasteiger partial charge in [-0.25, -0.2) is 4.98 Å². The van der Waals surface area contributed by atoms with E-state index in [0.29, 0.717) is 10.3 Å². The van der Waals surface area contributed by atoms with E-state index in [-0.39, 0.29) is 11.7 Å². The van der Waals surface area contributed by atoms with Crippen molar-refractivity contribution in [3.05, 3.63) is 106 Å². The third-order valence-corrected chi connectivity index (χ3v) is 7.72. The van der Waals surface area contributed by atoms with E-state index in [9.17, 15) is 4.79 Å². The van der Waals surface area contributed by atoms with E-state index in [0.717, 1.165) is 38.4 Å². The van der Waals surface area contributed by atoms with Crippen LogP contribution in [-0.4, -0.2) is 31.4 Å². The van der Waals surface area contributed by atoms with E-state index in [1.54, 1.807) is 0 Å². The number of benzene rings is 3. The number of anilines is 1. The molecule has 0 saturated carbocycles. The Hall–Kier alpha value is -3.27. The van der Waals surface area contributed by atoms with Crippen LogP contribution in [0.1, 0.15) is 16.0 Å². The molecule has 3 aromatic carbocycles. The molecule has 0 aliphatic carbocycles. The lowest BCUT2D eigenvalue weighted by Gasteiger charge is -2.11. The zero-order valence-corrected chi connectivity index (χ0v) is 22.6. The van der Waals surface area contributed by atoms with Gasteiger partial charge >= 0.3 is 0 Å². The normalized spacial score (nSPS) is 10.9. The maximum absolute atomic E-state index is 12.7. The summed E-state index contributed by atoms with van der Waals surface area (Å²) in [5.74, 6) is 0.798. The zero-order chi connectivity index (χ0) is 24.9. The molecule has 180 valence electrons. The van der Waals surface area contributed by atoms with E-state index < -0.39 is 0 Å². The summed E-state index contributed by atoms with van der Waals surface area (Å²) in [6, 6.07) is 26.3. The zero-order valence-electron chi connectivity index (χ0n) is 19.4. The summed E-state index contributed by atoms with van der Waals surface area (Å²) in [5, 5.41) is 13.0. The van der Waals surface area contributed by atoms with E-state index in [1.807, 2.05) is 65.4 Å². The summed E-state index contributed by atoms with van der Waals surface area (Å²) < 4.78 is 3.05. The molecule has 0 atom stereocenters. The molecule has 0 unspecified atom stereocenters. The standard InChI is InChI=1S/C27H22BrN5OS2/c1-18-6-5-9-22(14-18)33-25(20-7-3-2-4-8-20)31-32-27(33)35-17-24(34)30-26-29-16-23(36-26)15-19-10-12-21(28)13-11-19/h2-14,16H,15,17H2,1H3,(H,29,30,34). The topological polar surface area (TPSA) is 72.7 Å². The number of aromatic nitrogens is 4. The molecule has 0 saturated heterocycles. The van der Waals surface area contributed by atoms with E-state index in [1.165, 1.54) is 28.7 Å². The summed E-state index contributed by atoms with van der Waals surface area (Å²) in [7, 11) is 0. The monoisotopic (exact) mass is 575 g/mol. The molecular formula is C27H22BrN5OS2. The lowest BCUT2D eigenvalue weighted by Crippen LogP contribution is -2.14. The minimum atomic E-state index is -0.135. The highest BCUT2D eigenvalue weighted by Gasteiger charge is 2.18. The number of thiazole rings is 1. The largest absolute Gasteiger partial charge is 0.301 e. The second kappa shape index (κ2) is 11.2. The Balaban J connectivity index is 1.29. The van der Waals surface area contributed by atoms with Gasteiger partial charge in [-0.2, -0.15) is 0 Å². The molecular weight excluding hydrogens is 554 g/mol. The van der Waals surface area contributed by atoms with Gasteiger partial charge in [0.2, 0.25) is 5.91 Å². The van der Waals surface area contributed by atoms with Crippen LogP contribution in [0.2, 0.25) is 0 Å². The van der Waals surface area contributed by atoms with Gasteiger partial charge in [-0.15, -0.1) is 21.5 Å². The van der Waals surface area contributed by atoms with Crippen LogP contribution in [0.5, 0.6) is 0 Å². The number of hydrogen-bond acceptors (Lipinski definition) is 6. The van der Waals surface area contributed by atoms with Crippen molar-refractivity contribution in [1.29, 1.82) is 0 Å². The van der Waals surface area contributed by atoms with Gasteiger partial charge in [0, 0.05) is 33.2 Å². The van der Waals surface area contributed by atoms with E-state index in [2.05, 4.69) is 67.6 Å². The van der Waals surface area contributed by atoms with Gasteiger partial charge in [0.15, 0.2) is 16.1 Å². The first kappa shape index (κ1) is 24.4. The van der Waals surface area contributed by atoms with Crippen LogP contribution >= 0.6 is 39.0 Å². The Morgan fingerprint density at radius 1 is 1.03 bits per heavy atom. The van der Waals surface area contributed by atoms with Crippen molar-refractivity contribution in [3.63, 3.8) is 0 Å². The number of hydrogen-bond donors (Lipinski definition) is 1. The maximum Gasteiger partial charge on any atom is 0.236 e. The fourth-order valence-electron chi connectivity index (χ4n) is 3.67. The van der Waals surface area contributed by atoms with Crippen molar-refractivity contribution >= 4 is 50.1 Å². The number of nitrogens with zero attached hydrogens (tertiary/aromatic N) is 4. The first-order valence-electron chi connectivity index (χ1n) is 11.2. The molecule has 0 bridgehead atoms. The molecule has 0 radical (unpaired) electrons. The molecule has 9 heteroatoms. The molecule has 0 aliphatic rings. The molecule has 6 nitrogen and oxygen atoms in total. The SMILES string of the molecule is Cc1cccc(-n2c(SCC(=O)Nc3ncc(Cc4ccc(Br)cc4)s3)nnc2-c2ccccc2)c1. The van der Waals surface area contributed by atoms with Gasteiger partial charge in [-0.05, 0) is 42.3 Å². The maximum atomic E-state index is 12.7. The van der Waals surface area contributed by atoms with Crippen LogP contribution in [0.4, 0.5) is 5.13 Å². The number of thioether (sulfide) groups is 1. The molecule has 0 fully saturated rings. The molecule has 1 N–H and O–H groups in total. The van der Waals surface area contributed by atoms with Crippen molar-refractivity contribution in [2.45, 2.75) is 18.5 Å². The fraction of sp³-hybridized carbons (Fsp3) is 0.111. The smallest absolute Gasteiger partial charge is 0.236 e. The Morgan fingerprint density at radius 2 is 1.83 bits per heavy atom. The molecule has 5 aromatic rings. The lowest BCUT2D eigenvalue weighted by atomic mass is 10.1. The van der Waals surface area contributed by atoms with Crippen molar-refractivity contribution in [1.82, 2.24) is 19.7 Å².